The van der Waals surface area contributed by atoms with Crippen LogP contribution in [0.1, 0.15) is 37.1 Å². The molecule has 5 N–H and O–H groups in total. The Bertz CT molecular complexity index is 1230. The second-order valence-electron chi connectivity index (χ2n) is 9.26. The highest BCUT2D eigenvalue weighted by Crippen LogP contribution is 2.34. The number of rotatable bonds is 8. The molecular weight excluding hydrogens is 434 g/mol. The first-order chi connectivity index (χ1) is 16.2. The lowest BCUT2D eigenvalue weighted by atomic mass is 9.78. The number of H-pyrrole nitrogens is 1. The Kier molecular flexibility index (Phi) is 6.39. The molecule has 34 heavy (non-hydrogen) atoms. The van der Waals surface area contributed by atoms with E-state index < -0.39 is 22.4 Å². The molecule has 178 valence electrons. The summed E-state index contributed by atoms with van der Waals surface area (Å²) in [6.07, 6.45) is 1.62. The van der Waals surface area contributed by atoms with Crippen LogP contribution in [0.25, 0.3) is 10.9 Å². The maximum absolute atomic E-state index is 13.7. The van der Waals surface area contributed by atoms with Gasteiger partial charge in [-0.3, -0.25) is 25.0 Å². The van der Waals surface area contributed by atoms with Gasteiger partial charge in [0, 0.05) is 41.7 Å². The highest BCUT2D eigenvalue weighted by Gasteiger charge is 2.43. The van der Waals surface area contributed by atoms with Crippen LogP contribution in [-0.4, -0.2) is 33.3 Å². The molecule has 9 nitrogen and oxygen atoms in total. The topological polar surface area (TPSA) is 143 Å². The molecule has 0 radical (unpaired) electrons. The number of aryl methyl sites for hydroxylation is 1. The van der Waals surface area contributed by atoms with E-state index in [1.54, 1.807) is 12.1 Å². The fraction of sp³-hybridized carbons (Fsp3) is 0.360. The lowest BCUT2D eigenvalue weighted by Gasteiger charge is -2.38. The summed E-state index contributed by atoms with van der Waals surface area (Å²) in [4.78, 5) is 39.7. The molecule has 1 aliphatic rings. The lowest BCUT2D eigenvalue weighted by molar-refractivity contribution is -0.384. The normalized spacial score (nSPS) is 18.4. The van der Waals surface area contributed by atoms with Crippen LogP contribution in [0.3, 0.4) is 0 Å². The van der Waals surface area contributed by atoms with E-state index in [1.807, 2.05) is 38.1 Å². The van der Waals surface area contributed by atoms with E-state index in [4.69, 9.17) is 5.73 Å². The SMILES string of the molecule is CC(C)[C@H](NC(=O)[C@@]1(NCc2ccc([N+](=O)[O-])cc2)CCc2[nH]c3ccccc3c2C1)C(N)=O. The van der Waals surface area contributed by atoms with Gasteiger partial charge in [0.15, 0.2) is 0 Å². The number of para-hydroxylation sites is 1. The van der Waals surface area contributed by atoms with Crippen LogP contribution in [0.5, 0.6) is 0 Å². The van der Waals surface area contributed by atoms with E-state index in [-0.39, 0.29) is 17.5 Å². The average molecular weight is 464 g/mol. The van der Waals surface area contributed by atoms with Gasteiger partial charge >= 0.3 is 0 Å². The van der Waals surface area contributed by atoms with E-state index >= 15 is 0 Å². The van der Waals surface area contributed by atoms with Crippen molar-refractivity contribution in [1.82, 2.24) is 15.6 Å². The van der Waals surface area contributed by atoms with Gasteiger partial charge in [-0.25, -0.2) is 0 Å². The number of benzene rings is 2. The quantitative estimate of drug-likeness (QED) is 0.300. The fourth-order valence-corrected chi connectivity index (χ4v) is 4.68. The molecule has 2 aromatic carbocycles. The van der Waals surface area contributed by atoms with Crippen molar-refractivity contribution in [2.24, 2.45) is 11.7 Å². The minimum atomic E-state index is -0.970. The summed E-state index contributed by atoms with van der Waals surface area (Å²) in [7, 11) is 0. The van der Waals surface area contributed by atoms with Crippen molar-refractivity contribution >= 4 is 28.4 Å². The van der Waals surface area contributed by atoms with Crippen molar-refractivity contribution in [3.05, 3.63) is 75.5 Å². The number of nitro benzene ring substituents is 1. The zero-order valence-electron chi connectivity index (χ0n) is 19.3. The van der Waals surface area contributed by atoms with Gasteiger partial charge in [0.05, 0.1) is 4.92 Å². The number of nitrogens with two attached hydrogens (primary N) is 1. The van der Waals surface area contributed by atoms with E-state index in [0.717, 1.165) is 27.7 Å². The lowest BCUT2D eigenvalue weighted by Crippen LogP contribution is -2.63. The van der Waals surface area contributed by atoms with Crippen LogP contribution in [-0.2, 0) is 29.0 Å². The van der Waals surface area contributed by atoms with Crippen LogP contribution in [0.2, 0.25) is 0 Å². The van der Waals surface area contributed by atoms with Crippen LogP contribution >= 0.6 is 0 Å². The summed E-state index contributed by atoms with van der Waals surface area (Å²) in [5.41, 5.74) is 8.63. The number of aromatic nitrogens is 1. The highest BCUT2D eigenvalue weighted by molar-refractivity contribution is 5.94. The van der Waals surface area contributed by atoms with Gasteiger partial charge in [-0.2, -0.15) is 0 Å². The summed E-state index contributed by atoms with van der Waals surface area (Å²) in [5.74, 6) is -0.999. The van der Waals surface area contributed by atoms with Crippen LogP contribution in [0.4, 0.5) is 5.69 Å². The van der Waals surface area contributed by atoms with Crippen molar-refractivity contribution in [2.45, 2.75) is 51.2 Å². The predicted molar refractivity (Wildman–Crippen MR) is 129 cm³/mol. The molecular formula is C25H29N5O4. The minimum absolute atomic E-state index is 0.0125. The van der Waals surface area contributed by atoms with Gasteiger partial charge in [0.1, 0.15) is 11.6 Å². The fourth-order valence-electron chi connectivity index (χ4n) is 4.68. The molecule has 2 amide bonds. The molecule has 0 saturated carbocycles. The number of carbonyl (C=O) groups is 2. The third kappa shape index (κ3) is 4.51. The molecule has 0 fully saturated rings. The van der Waals surface area contributed by atoms with Gasteiger partial charge in [-0.05, 0) is 36.0 Å². The van der Waals surface area contributed by atoms with Gasteiger partial charge in [-0.1, -0.05) is 44.2 Å². The zero-order chi connectivity index (χ0) is 24.5. The summed E-state index contributed by atoms with van der Waals surface area (Å²) in [6.45, 7) is 4.02. The van der Waals surface area contributed by atoms with Crippen molar-refractivity contribution < 1.29 is 14.5 Å². The number of aromatic amines is 1. The predicted octanol–water partition coefficient (Wildman–Crippen LogP) is 2.72. The molecule has 1 aromatic heterocycles. The standard InChI is InChI=1S/C25H29N5O4/c1-15(2)22(23(26)31)29-24(32)25(27-14-16-7-9-17(10-8-16)30(33)34)12-11-21-19(13-25)18-5-3-4-6-20(18)28-21/h3-10,15,22,27-28H,11-14H2,1-2H3,(H2,26,31)(H,29,32)/t22-,25+/m0/s1. The largest absolute Gasteiger partial charge is 0.368 e. The first-order valence-electron chi connectivity index (χ1n) is 11.4. The Labute approximate surface area is 197 Å². The van der Waals surface area contributed by atoms with E-state index in [1.165, 1.54) is 12.1 Å². The number of nitrogens with zero attached hydrogens (tertiary/aromatic N) is 1. The van der Waals surface area contributed by atoms with Crippen LogP contribution in [0.15, 0.2) is 48.5 Å². The molecule has 0 bridgehead atoms. The van der Waals surface area contributed by atoms with Gasteiger partial charge in [0.2, 0.25) is 11.8 Å². The first kappa shape index (κ1) is 23.4. The Balaban J connectivity index is 1.65. The minimum Gasteiger partial charge on any atom is -0.368 e. The molecule has 0 saturated heterocycles. The summed E-state index contributed by atoms with van der Waals surface area (Å²) < 4.78 is 0. The van der Waals surface area contributed by atoms with E-state index in [9.17, 15) is 19.7 Å². The maximum atomic E-state index is 13.7. The molecule has 4 rings (SSSR count). The van der Waals surface area contributed by atoms with E-state index in [2.05, 4.69) is 15.6 Å². The number of amides is 2. The molecule has 0 spiro atoms. The third-order valence-corrected chi connectivity index (χ3v) is 6.65. The van der Waals surface area contributed by atoms with Crippen LogP contribution in [0, 0.1) is 16.0 Å². The van der Waals surface area contributed by atoms with E-state index in [0.29, 0.717) is 25.8 Å². The number of fused-ring (bicyclic) bond motifs is 3. The smallest absolute Gasteiger partial charge is 0.269 e. The third-order valence-electron chi connectivity index (χ3n) is 6.65. The number of nitro groups is 1. The number of carbonyl (C=O) groups excluding carboxylic acids is 2. The Hall–Kier alpha value is -3.72. The highest BCUT2D eigenvalue weighted by atomic mass is 16.6. The van der Waals surface area contributed by atoms with Crippen LogP contribution < -0.4 is 16.4 Å². The number of non-ortho nitro benzene ring substituents is 1. The Morgan fingerprint density at radius 3 is 2.53 bits per heavy atom. The van der Waals surface area contributed by atoms with Gasteiger partial charge in [0.25, 0.3) is 5.69 Å². The molecule has 1 heterocycles. The molecule has 1 aliphatic carbocycles. The van der Waals surface area contributed by atoms with Crippen molar-refractivity contribution in [3.63, 3.8) is 0 Å². The van der Waals surface area contributed by atoms with Gasteiger partial charge in [-0.15, -0.1) is 0 Å². The first-order valence-corrected chi connectivity index (χ1v) is 11.4. The molecule has 0 aliphatic heterocycles. The van der Waals surface area contributed by atoms with Gasteiger partial charge < -0.3 is 16.0 Å². The molecule has 2 atom stereocenters. The second kappa shape index (κ2) is 9.26. The number of hydrogen-bond donors (Lipinski definition) is 4. The van der Waals surface area contributed by atoms with Crippen molar-refractivity contribution in [2.75, 3.05) is 0 Å². The number of primary amides is 1. The second-order valence-corrected chi connectivity index (χ2v) is 9.26. The Morgan fingerprint density at radius 1 is 1.18 bits per heavy atom. The molecule has 0 unspecified atom stereocenters. The van der Waals surface area contributed by atoms with Crippen molar-refractivity contribution in [3.8, 4) is 0 Å². The summed E-state index contributed by atoms with van der Waals surface area (Å²) in [5, 5.41) is 18.3. The van der Waals surface area contributed by atoms with Crippen molar-refractivity contribution in [1.29, 1.82) is 0 Å². The Morgan fingerprint density at radius 2 is 1.88 bits per heavy atom. The number of hydrogen-bond acceptors (Lipinski definition) is 5. The molecule has 3 aromatic rings. The number of nitrogens with one attached hydrogen (secondary N) is 3. The summed E-state index contributed by atoms with van der Waals surface area (Å²) >= 11 is 0. The summed E-state index contributed by atoms with van der Waals surface area (Å²) in [6, 6.07) is 13.5. The zero-order valence-corrected chi connectivity index (χ0v) is 19.3. The average Bonchev–Trinajstić information content (AvgIpc) is 3.18. The monoisotopic (exact) mass is 463 g/mol. The maximum Gasteiger partial charge on any atom is 0.269 e. The molecule has 9 heteroatoms.